The standard InChI is InChI=1S/C19H32N4O3S/c1-16-14-22(15-17(2)26-16)12-11-21(3)19-8-7-18(13-20-19)27(24,25)23-9-5-4-6-10-23/h7-8,13,16-17H,4-6,9-12,14-15H2,1-3H3/t16-,17+. The molecule has 3 rings (SSSR count). The molecule has 3 heterocycles. The zero-order valence-electron chi connectivity index (χ0n) is 16.7. The van der Waals surface area contributed by atoms with Gasteiger partial charge in [0.1, 0.15) is 10.7 Å². The number of aromatic nitrogens is 1. The maximum absolute atomic E-state index is 12.7. The van der Waals surface area contributed by atoms with Crippen molar-refractivity contribution in [2.24, 2.45) is 0 Å². The van der Waals surface area contributed by atoms with Gasteiger partial charge in [0, 0.05) is 52.5 Å². The van der Waals surface area contributed by atoms with Gasteiger partial charge in [0.2, 0.25) is 10.0 Å². The lowest BCUT2D eigenvalue weighted by atomic mass is 10.2. The Balaban J connectivity index is 1.57. The van der Waals surface area contributed by atoms with Gasteiger partial charge in [-0.25, -0.2) is 13.4 Å². The summed E-state index contributed by atoms with van der Waals surface area (Å²) in [6.45, 7) is 9.09. The maximum atomic E-state index is 12.7. The quantitative estimate of drug-likeness (QED) is 0.731. The number of hydrogen-bond donors (Lipinski definition) is 0. The fourth-order valence-electron chi connectivity index (χ4n) is 3.88. The molecule has 2 saturated heterocycles. The Labute approximate surface area is 163 Å². The Kier molecular flexibility index (Phi) is 6.73. The summed E-state index contributed by atoms with van der Waals surface area (Å²) in [7, 11) is -1.42. The smallest absolute Gasteiger partial charge is 0.244 e. The number of likely N-dealkylation sites (N-methyl/N-ethyl adjacent to an activating group) is 1. The summed E-state index contributed by atoms with van der Waals surface area (Å²) in [5.41, 5.74) is 0. The highest BCUT2D eigenvalue weighted by Crippen LogP contribution is 2.21. The van der Waals surface area contributed by atoms with E-state index in [0.717, 1.165) is 51.3 Å². The van der Waals surface area contributed by atoms with E-state index in [4.69, 9.17) is 4.74 Å². The molecule has 2 atom stereocenters. The number of pyridine rings is 1. The van der Waals surface area contributed by atoms with Crippen molar-refractivity contribution in [2.75, 3.05) is 51.2 Å². The van der Waals surface area contributed by atoms with Crippen molar-refractivity contribution in [3.8, 4) is 0 Å². The first-order chi connectivity index (χ1) is 12.9. The molecule has 0 bridgehead atoms. The SMILES string of the molecule is C[C@@H]1CN(CCN(C)c2ccc(S(=O)(=O)N3CCCCC3)cn2)C[C@H](C)O1. The van der Waals surface area contributed by atoms with Crippen molar-refractivity contribution in [1.29, 1.82) is 0 Å². The van der Waals surface area contributed by atoms with E-state index in [9.17, 15) is 8.42 Å². The summed E-state index contributed by atoms with van der Waals surface area (Å²) < 4.78 is 32.8. The number of piperidine rings is 1. The van der Waals surface area contributed by atoms with Crippen LogP contribution in [0.25, 0.3) is 0 Å². The lowest BCUT2D eigenvalue weighted by molar-refractivity contribution is -0.0670. The van der Waals surface area contributed by atoms with Crippen LogP contribution in [-0.2, 0) is 14.8 Å². The van der Waals surface area contributed by atoms with E-state index in [1.54, 1.807) is 16.4 Å². The Morgan fingerprint density at radius 3 is 2.41 bits per heavy atom. The van der Waals surface area contributed by atoms with Crippen LogP contribution in [0.15, 0.2) is 23.2 Å². The Bertz CT molecular complexity index is 694. The molecular weight excluding hydrogens is 364 g/mol. The highest BCUT2D eigenvalue weighted by Gasteiger charge is 2.26. The third kappa shape index (κ3) is 5.19. The van der Waals surface area contributed by atoms with Crippen LogP contribution >= 0.6 is 0 Å². The zero-order chi connectivity index (χ0) is 19.4. The van der Waals surface area contributed by atoms with Gasteiger partial charge in [-0.3, -0.25) is 4.90 Å². The molecule has 2 aliphatic heterocycles. The molecule has 152 valence electrons. The normalized spacial score (nSPS) is 25.4. The maximum Gasteiger partial charge on any atom is 0.244 e. The molecule has 2 fully saturated rings. The van der Waals surface area contributed by atoms with Crippen LogP contribution in [0.4, 0.5) is 5.82 Å². The number of sulfonamides is 1. The second-order valence-electron chi connectivity index (χ2n) is 7.76. The third-order valence-corrected chi connectivity index (χ3v) is 7.19. The molecule has 1 aromatic rings. The van der Waals surface area contributed by atoms with Crippen LogP contribution in [-0.4, -0.2) is 81.1 Å². The summed E-state index contributed by atoms with van der Waals surface area (Å²) >= 11 is 0. The Morgan fingerprint density at radius 2 is 1.81 bits per heavy atom. The Morgan fingerprint density at radius 1 is 1.15 bits per heavy atom. The first kappa shape index (κ1) is 20.5. The molecular formula is C19H32N4O3S. The second-order valence-corrected chi connectivity index (χ2v) is 9.69. The molecule has 7 nitrogen and oxygen atoms in total. The van der Waals surface area contributed by atoms with Gasteiger partial charge in [-0.1, -0.05) is 6.42 Å². The average molecular weight is 397 g/mol. The van der Waals surface area contributed by atoms with Gasteiger partial charge in [0.25, 0.3) is 0 Å². The molecule has 0 unspecified atom stereocenters. The summed E-state index contributed by atoms with van der Waals surface area (Å²) in [5, 5.41) is 0. The number of morpholine rings is 1. The van der Waals surface area contributed by atoms with Gasteiger partial charge >= 0.3 is 0 Å². The third-order valence-electron chi connectivity index (χ3n) is 5.31. The van der Waals surface area contributed by atoms with E-state index in [-0.39, 0.29) is 17.1 Å². The molecule has 0 aromatic carbocycles. The van der Waals surface area contributed by atoms with Crippen molar-refractivity contribution in [3.63, 3.8) is 0 Å². The van der Waals surface area contributed by atoms with Crippen molar-refractivity contribution in [3.05, 3.63) is 18.3 Å². The van der Waals surface area contributed by atoms with E-state index in [2.05, 4.69) is 28.6 Å². The van der Waals surface area contributed by atoms with Crippen LogP contribution in [0.1, 0.15) is 33.1 Å². The molecule has 0 N–H and O–H groups in total. The summed E-state index contributed by atoms with van der Waals surface area (Å²) in [4.78, 5) is 9.18. The molecule has 27 heavy (non-hydrogen) atoms. The number of rotatable bonds is 6. The molecule has 0 saturated carbocycles. The summed E-state index contributed by atoms with van der Waals surface area (Å²) in [6.07, 6.45) is 5.00. The average Bonchev–Trinajstić information content (AvgIpc) is 2.66. The van der Waals surface area contributed by atoms with Crippen molar-refractivity contribution >= 4 is 15.8 Å². The van der Waals surface area contributed by atoms with Crippen molar-refractivity contribution in [1.82, 2.24) is 14.2 Å². The highest BCUT2D eigenvalue weighted by molar-refractivity contribution is 7.89. The van der Waals surface area contributed by atoms with Gasteiger partial charge < -0.3 is 9.64 Å². The van der Waals surface area contributed by atoms with E-state index in [0.29, 0.717) is 13.1 Å². The molecule has 0 radical (unpaired) electrons. The molecule has 0 amide bonds. The monoisotopic (exact) mass is 396 g/mol. The van der Waals surface area contributed by atoms with Gasteiger partial charge in [-0.15, -0.1) is 0 Å². The molecule has 0 spiro atoms. The number of anilines is 1. The molecule has 2 aliphatic rings. The van der Waals surface area contributed by atoms with Crippen LogP contribution < -0.4 is 4.90 Å². The van der Waals surface area contributed by atoms with Gasteiger partial charge in [0.15, 0.2) is 0 Å². The van der Waals surface area contributed by atoms with Crippen molar-refractivity contribution < 1.29 is 13.2 Å². The van der Waals surface area contributed by atoms with Gasteiger partial charge in [-0.2, -0.15) is 4.31 Å². The van der Waals surface area contributed by atoms with Crippen LogP contribution in [0.5, 0.6) is 0 Å². The number of nitrogens with zero attached hydrogens (tertiary/aromatic N) is 4. The van der Waals surface area contributed by atoms with Crippen LogP contribution in [0, 0.1) is 0 Å². The minimum absolute atomic E-state index is 0.261. The fraction of sp³-hybridized carbons (Fsp3) is 0.737. The van der Waals surface area contributed by atoms with Gasteiger partial charge in [0.05, 0.1) is 12.2 Å². The summed E-state index contributed by atoms with van der Waals surface area (Å²) in [5.74, 6) is 0.793. The highest BCUT2D eigenvalue weighted by atomic mass is 32.2. The lowest BCUT2D eigenvalue weighted by Gasteiger charge is -2.36. The molecule has 0 aliphatic carbocycles. The minimum Gasteiger partial charge on any atom is -0.373 e. The number of ether oxygens (including phenoxy) is 1. The molecule has 8 heteroatoms. The van der Waals surface area contributed by atoms with E-state index in [1.807, 2.05) is 7.05 Å². The first-order valence-corrected chi connectivity index (χ1v) is 11.4. The molecule has 1 aromatic heterocycles. The van der Waals surface area contributed by atoms with E-state index >= 15 is 0 Å². The summed E-state index contributed by atoms with van der Waals surface area (Å²) in [6, 6.07) is 3.49. The number of hydrogen-bond acceptors (Lipinski definition) is 6. The van der Waals surface area contributed by atoms with Crippen LogP contribution in [0.2, 0.25) is 0 Å². The first-order valence-electron chi connectivity index (χ1n) is 9.91. The van der Waals surface area contributed by atoms with E-state index in [1.165, 1.54) is 6.20 Å². The lowest BCUT2D eigenvalue weighted by Crippen LogP contribution is -2.47. The predicted octanol–water partition coefficient (Wildman–Crippen LogP) is 1.80. The zero-order valence-corrected chi connectivity index (χ0v) is 17.5. The predicted molar refractivity (Wildman–Crippen MR) is 107 cm³/mol. The van der Waals surface area contributed by atoms with Crippen molar-refractivity contribution in [2.45, 2.75) is 50.2 Å². The fourth-order valence-corrected chi connectivity index (χ4v) is 5.34. The van der Waals surface area contributed by atoms with E-state index < -0.39 is 10.0 Å². The second kappa shape index (κ2) is 8.86. The Hall–Kier alpha value is -1.22. The minimum atomic E-state index is -3.42. The van der Waals surface area contributed by atoms with Gasteiger partial charge in [-0.05, 0) is 38.8 Å². The topological polar surface area (TPSA) is 66.0 Å². The van der Waals surface area contributed by atoms with Crippen LogP contribution in [0.3, 0.4) is 0 Å². The largest absolute Gasteiger partial charge is 0.373 e.